The quantitative estimate of drug-likeness (QED) is 0.385. The smallest absolute Gasteiger partial charge is 0.0706 e. The van der Waals surface area contributed by atoms with Gasteiger partial charge in [0.25, 0.3) is 0 Å². The highest BCUT2D eigenvalue weighted by atomic mass is 14.8. The first-order chi connectivity index (χ1) is 15.3. The fourth-order valence-electron chi connectivity index (χ4n) is 4.56. The molecule has 1 nitrogen and oxygen atoms in total. The number of benzene rings is 4. The summed E-state index contributed by atoms with van der Waals surface area (Å²) in [5, 5.41) is 0. The van der Waals surface area contributed by atoms with Gasteiger partial charge in [-0.25, -0.2) is 0 Å². The molecular formula is C30H25N. The lowest BCUT2D eigenvalue weighted by Crippen LogP contribution is -2.38. The molecule has 0 aliphatic heterocycles. The predicted molar refractivity (Wildman–Crippen MR) is 131 cm³/mol. The summed E-state index contributed by atoms with van der Waals surface area (Å²) in [6.45, 7) is 0. The normalized spacial score (nSPS) is 17.9. The zero-order valence-electron chi connectivity index (χ0n) is 17.4. The summed E-state index contributed by atoms with van der Waals surface area (Å²) in [5.74, 6) is 0. The van der Waals surface area contributed by atoms with Crippen LogP contribution in [0.5, 0.6) is 0 Å². The van der Waals surface area contributed by atoms with Crippen LogP contribution in [-0.4, -0.2) is 0 Å². The third-order valence-corrected chi connectivity index (χ3v) is 6.13. The third kappa shape index (κ3) is 3.54. The van der Waals surface area contributed by atoms with E-state index in [0.29, 0.717) is 0 Å². The van der Waals surface area contributed by atoms with Crippen molar-refractivity contribution in [3.05, 3.63) is 139 Å². The highest BCUT2D eigenvalue weighted by Gasteiger charge is 2.34. The summed E-state index contributed by atoms with van der Waals surface area (Å²) >= 11 is 0. The molecule has 1 aliphatic rings. The Morgan fingerprint density at radius 1 is 0.548 bits per heavy atom. The Morgan fingerprint density at radius 3 is 1.74 bits per heavy atom. The SMILES string of the molecule is NC1(c2ccccc2)CC=CC=C1c1ccccc1-c1ccccc1-c1ccccc1. The van der Waals surface area contributed by atoms with Crippen LogP contribution in [0.1, 0.15) is 17.5 Å². The average Bonchev–Trinajstić information content (AvgIpc) is 2.85. The maximum absolute atomic E-state index is 7.13. The van der Waals surface area contributed by atoms with Gasteiger partial charge in [0.1, 0.15) is 0 Å². The molecule has 150 valence electrons. The summed E-state index contributed by atoms with van der Waals surface area (Å²) in [4.78, 5) is 0. The van der Waals surface area contributed by atoms with E-state index < -0.39 is 5.54 Å². The van der Waals surface area contributed by atoms with Gasteiger partial charge >= 0.3 is 0 Å². The Kier molecular flexibility index (Phi) is 5.11. The second-order valence-corrected chi connectivity index (χ2v) is 8.01. The Morgan fingerprint density at radius 2 is 1.06 bits per heavy atom. The lowest BCUT2D eigenvalue weighted by Gasteiger charge is -2.35. The van der Waals surface area contributed by atoms with Gasteiger partial charge in [-0.05, 0) is 45.4 Å². The minimum absolute atomic E-state index is 0.562. The number of nitrogens with two attached hydrogens (primary N) is 1. The lowest BCUT2D eigenvalue weighted by atomic mass is 9.73. The van der Waals surface area contributed by atoms with E-state index in [0.717, 1.165) is 17.6 Å². The van der Waals surface area contributed by atoms with Crippen LogP contribution in [0.15, 0.2) is 127 Å². The highest BCUT2D eigenvalue weighted by Crippen LogP contribution is 2.44. The first kappa shape index (κ1) is 19.3. The molecule has 1 aliphatic carbocycles. The van der Waals surface area contributed by atoms with Gasteiger partial charge in [-0.3, -0.25) is 0 Å². The van der Waals surface area contributed by atoms with Gasteiger partial charge in [0.05, 0.1) is 5.54 Å². The molecule has 1 unspecified atom stereocenters. The van der Waals surface area contributed by atoms with Crippen LogP contribution in [0.2, 0.25) is 0 Å². The van der Waals surface area contributed by atoms with Crippen LogP contribution in [0.25, 0.3) is 27.8 Å². The standard InChI is InChI=1S/C30H25N/c31-30(24-15-5-2-6-16-24)22-12-11-21-29(30)28-20-10-9-19-27(28)26-18-8-7-17-25(26)23-13-3-1-4-14-23/h1-21H,22,31H2. The van der Waals surface area contributed by atoms with Crippen molar-refractivity contribution >= 4 is 5.57 Å². The van der Waals surface area contributed by atoms with Crippen molar-refractivity contribution in [3.8, 4) is 22.3 Å². The van der Waals surface area contributed by atoms with Crippen LogP contribution in [0.3, 0.4) is 0 Å². The van der Waals surface area contributed by atoms with E-state index in [2.05, 4.69) is 121 Å². The van der Waals surface area contributed by atoms with Crippen molar-refractivity contribution in [2.75, 3.05) is 0 Å². The second-order valence-electron chi connectivity index (χ2n) is 8.01. The monoisotopic (exact) mass is 399 g/mol. The number of hydrogen-bond donors (Lipinski definition) is 1. The topological polar surface area (TPSA) is 26.0 Å². The van der Waals surface area contributed by atoms with E-state index in [1.54, 1.807) is 0 Å². The number of rotatable bonds is 4. The van der Waals surface area contributed by atoms with Gasteiger partial charge < -0.3 is 5.73 Å². The maximum atomic E-state index is 7.13. The second kappa shape index (κ2) is 8.22. The molecule has 0 amide bonds. The summed E-state index contributed by atoms with van der Waals surface area (Å²) in [6.07, 6.45) is 7.25. The van der Waals surface area contributed by atoms with Gasteiger partial charge in [-0.1, -0.05) is 127 Å². The molecule has 0 saturated heterocycles. The van der Waals surface area contributed by atoms with E-state index in [-0.39, 0.29) is 0 Å². The molecule has 0 aromatic heterocycles. The maximum Gasteiger partial charge on any atom is 0.0706 e. The van der Waals surface area contributed by atoms with Crippen LogP contribution in [0.4, 0.5) is 0 Å². The van der Waals surface area contributed by atoms with Crippen molar-refractivity contribution in [2.45, 2.75) is 12.0 Å². The summed E-state index contributed by atoms with van der Waals surface area (Å²) in [6, 6.07) is 38.3. The van der Waals surface area contributed by atoms with E-state index >= 15 is 0 Å². The van der Waals surface area contributed by atoms with Crippen molar-refractivity contribution < 1.29 is 0 Å². The van der Waals surface area contributed by atoms with Crippen LogP contribution < -0.4 is 5.73 Å². The summed E-state index contributed by atoms with van der Waals surface area (Å²) in [5.41, 5.74) is 14.9. The van der Waals surface area contributed by atoms with E-state index in [1.807, 2.05) is 6.07 Å². The van der Waals surface area contributed by atoms with E-state index in [4.69, 9.17) is 5.73 Å². The molecule has 0 fully saturated rings. The fraction of sp³-hybridized carbons (Fsp3) is 0.0667. The molecular weight excluding hydrogens is 374 g/mol. The Hall–Kier alpha value is -3.68. The molecule has 5 rings (SSSR count). The molecule has 1 heteroatoms. The predicted octanol–water partition coefficient (Wildman–Crippen LogP) is 7.22. The van der Waals surface area contributed by atoms with Crippen LogP contribution >= 0.6 is 0 Å². The first-order valence-electron chi connectivity index (χ1n) is 10.7. The van der Waals surface area contributed by atoms with Gasteiger partial charge in [-0.15, -0.1) is 0 Å². The largest absolute Gasteiger partial charge is 0.317 e. The van der Waals surface area contributed by atoms with Gasteiger partial charge in [0, 0.05) is 0 Å². The van der Waals surface area contributed by atoms with E-state index in [9.17, 15) is 0 Å². The van der Waals surface area contributed by atoms with Crippen molar-refractivity contribution in [3.63, 3.8) is 0 Å². The third-order valence-electron chi connectivity index (χ3n) is 6.13. The minimum atomic E-state index is -0.562. The van der Waals surface area contributed by atoms with Crippen LogP contribution in [-0.2, 0) is 5.54 Å². The molecule has 0 saturated carbocycles. The Balaban J connectivity index is 1.70. The van der Waals surface area contributed by atoms with E-state index in [1.165, 1.54) is 27.8 Å². The molecule has 0 spiro atoms. The molecule has 0 bridgehead atoms. The summed E-state index contributed by atoms with van der Waals surface area (Å²) < 4.78 is 0. The van der Waals surface area contributed by atoms with Gasteiger partial charge in [0.15, 0.2) is 0 Å². The summed E-state index contributed by atoms with van der Waals surface area (Å²) in [7, 11) is 0. The van der Waals surface area contributed by atoms with Crippen molar-refractivity contribution in [1.82, 2.24) is 0 Å². The van der Waals surface area contributed by atoms with Crippen molar-refractivity contribution in [2.24, 2.45) is 5.73 Å². The van der Waals surface area contributed by atoms with Crippen molar-refractivity contribution in [1.29, 1.82) is 0 Å². The Labute approximate surface area is 184 Å². The number of hydrogen-bond acceptors (Lipinski definition) is 1. The lowest BCUT2D eigenvalue weighted by molar-refractivity contribution is 0.586. The minimum Gasteiger partial charge on any atom is -0.317 e. The first-order valence-corrected chi connectivity index (χ1v) is 10.7. The molecule has 31 heavy (non-hydrogen) atoms. The highest BCUT2D eigenvalue weighted by molar-refractivity contribution is 5.92. The number of allylic oxidation sites excluding steroid dienone is 2. The molecule has 4 aromatic carbocycles. The Bertz CT molecular complexity index is 1250. The average molecular weight is 400 g/mol. The molecule has 4 aromatic rings. The van der Waals surface area contributed by atoms with Gasteiger partial charge in [-0.2, -0.15) is 0 Å². The molecule has 2 N–H and O–H groups in total. The van der Waals surface area contributed by atoms with Crippen LogP contribution in [0, 0.1) is 0 Å². The molecule has 0 heterocycles. The molecule has 1 atom stereocenters. The molecule has 0 radical (unpaired) electrons. The zero-order chi connectivity index (χ0) is 21.1. The zero-order valence-corrected chi connectivity index (χ0v) is 17.4. The fourth-order valence-corrected chi connectivity index (χ4v) is 4.56. The van der Waals surface area contributed by atoms with Gasteiger partial charge in [0.2, 0.25) is 0 Å².